The van der Waals surface area contributed by atoms with Gasteiger partial charge in [-0.15, -0.1) is 0 Å². The molecule has 0 bridgehead atoms. The van der Waals surface area contributed by atoms with Crippen LogP contribution in [0.15, 0.2) is 77.9 Å². The van der Waals surface area contributed by atoms with Crippen LogP contribution < -0.4 is 15.5 Å². The van der Waals surface area contributed by atoms with Gasteiger partial charge in [0.2, 0.25) is 5.43 Å². The fourth-order valence-electron chi connectivity index (χ4n) is 2.36. The van der Waals surface area contributed by atoms with Crippen molar-refractivity contribution in [1.82, 2.24) is 4.98 Å². The molecule has 0 saturated carbocycles. The van der Waals surface area contributed by atoms with E-state index < -0.39 is 6.10 Å². The third-order valence-electron chi connectivity index (χ3n) is 3.73. The van der Waals surface area contributed by atoms with Crippen LogP contribution in [0, 0.1) is 0 Å². The molecule has 0 fully saturated rings. The number of amides is 1. The molecular formula is C20H18N2O3. The van der Waals surface area contributed by atoms with E-state index in [0.29, 0.717) is 5.75 Å². The van der Waals surface area contributed by atoms with E-state index in [1.165, 1.54) is 18.5 Å². The Morgan fingerprint density at radius 3 is 2.36 bits per heavy atom. The van der Waals surface area contributed by atoms with Crippen LogP contribution in [-0.4, -0.2) is 17.0 Å². The molecule has 5 heteroatoms. The monoisotopic (exact) mass is 334 g/mol. The van der Waals surface area contributed by atoms with Crippen molar-refractivity contribution in [1.29, 1.82) is 0 Å². The highest BCUT2D eigenvalue weighted by Crippen LogP contribution is 2.22. The summed E-state index contributed by atoms with van der Waals surface area (Å²) in [7, 11) is 0. The normalized spacial score (nSPS) is 11.6. The summed E-state index contributed by atoms with van der Waals surface area (Å²) in [6, 6.07) is 18.9. The molecule has 25 heavy (non-hydrogen) atoms. The minimum absolute atomic E-state index is 0.197. The summed E-state index contributed by atoms with van der Waals surface area (Å²) in [5, 5.41) is 2.56. The number of rotatable bonds is 5. The van der Waals surface area contributed by atoms with Crippen LogP contribution in [0.2, 0.25) is 0 Å². The predicted molar refractivity (Wildman–Crippen MR) is 97.7 cm³/mol. The highest BCUT2D eigenvalue weighted by atomic mass is 16.5. The van der Waals surface area contributed by atoms with Crippen LogP contribution in [0.4, 0.5) is 5.69 Å². The Labute approximate surface area is 145 Å². The standard InChI is InChI=1S/C20H18N2O3/c1-14(20(24)22-18-13-21-12-11-19(18)23)25-17-9-7-16(8-10-17)15-5-3-2-4-6-15/h2-14H,1H3,(H,21,23)(H,22,24). The zero-order chi connectivity index (χ0) is 17.6. The third-order valence-corrected chi connectivity index (χ3v) is 3.73. The SMILES string of the molecule is CC(Oc1ccc(-c2ccccc2)cc1)C(=O)Nc1c[nH]ccc1=O. The van der Waals surface area contributed by atoms with E-state index >= 15 is 0 Å². The number of aromatic amines is 1. The maximum Gasteiger partial charge on any atom is 0.265 e. The minimum Gasteiger partial charge on any atom is -0.481 e. The Balaban J connectivity index is 1.64. The molecule has 1 heterocycles. The molecule has 0 saturated heterocycles. The lowest BCUT2D eigenvalue weighted by Gasteiger charge is -2.14. The van der Waals surface area contributed by atoms with E-state index in [1.807, 2.05) is 54.6 Å². The van der Waals surface area contributed by atoms with Gasteiger partial charge in [-0.1, -0.05) is 42.5 Å². The van der Waals surface area contributed by atoms with Crippen molar-refractivity contribution in [3.8, 4) is 16.9 Å². The zero-order valence-corrected chi connectivity index (χ0v) is 13.7. The molecule has 1 aromatic heterocycles. The average molecular weight is 334 g/mol. The molecule has 1 unspecified atom stereocenters. The van der Waals surface area contributed by atoms with Crippen LogP contribution in [0.1, 0.15) is 6.92 Å². The Kier molecular flexibility index (Phi) is 4.95. The number of hydrogen-bond acceptors (Lipinski definition) is 3. The topological polar surface area (TPSA) is 71.2 Å². The van der Waals surface area contributed by atoms with Crippen LogP contribution in [-0.2, 0) is 4.79 Å². The largest absolute Gasteiger partial charge is 0.481 e. The Bertz CT molecular complexity index is 902. The van der Waals surface area contributed by atoms with E-state index in [9.17, 15) is 9.59 Å². The predicted octanol–water partition coefficient (Wildman–Crippen LogP) is 3.45. The second-order valence-corrected chi connectivity index (χ2v) is 5.56. The second kappa shape index (κ2) is 7.49. The van der Waals surface area contributed by atoms with Crippen LogP contribution >= 0.6 is 0 Å². The van der Waals surface area contributed by atoms with Crippen molar-refractivity contribution >= 4 is 11.6 Å². The lowest BCUT2D eigenvalue weighted by Crippen LogP contribution is -2.31. The number of benzene rings is 2. The lowest BCUT2D eigenvalue weighted by molar-refractivity contribution is -0.122. The van der Waals surface area contributed by atoms with Crippen LogP contribution in [0.25, 0.3) is 11.1 Å². The summed E-state index contributed by atoms with van der Waals surface area (Å²) in [6.07, 6.45) is 2.22. The quantitative estimate of drug-likeness (QED) is 0.751. The Morgan fingerprint density at radius 1 is 1.00 bits per heavy atom. The first kappa shape index (κ1) is 16.5. The van der Waals surface area contributed by atoms with Gasteiger partial charge in [0.05, 0.1) is 0 Å². The highest BCUT2D eigenvalue weighted by molar-refractivity contribution is 5.93. The fraction of sp³-hybridized carbons (Fsp3) is 0.100. The van der Waals surface area contributed by atoms with Gasteiger partial charge in [0.1, 0.15) is 11.4 Å². The number of nitrogens with one attached hydrogen (secondary N) is 2. The van der Waals surface area contributed by atoms with E-state index in [0.717, 1.165) is 11.1 Å². The second-order valence-electron chi connectivity index (χ2n) is 5.56. The van der Waals surface area contributed by atoms with Gasteiger partial charge in [-0.2, -0.15) is 0 Å². The van der Waals surface area contributed by atoms with Crippen LogP contribution in [0.3, 0.4) is 0 Å². The summed E-state index contributed by atoms with van der Waals surface area (Å²) < 4.78 is 5.65. The number of anilines is 1. The molecule has 1 atom stereocenters. The van der Waals surface area contributed by atoms with E-state index in [1.54, 1.807) is 6.92 Å². The number of carbonyl (C=O) groups is 1. The molecule has 2 N–H and O–H groups in total. The van der Waals surface area contributed by atoms with Gasteiger partial charge < -0.3 is 15.0 Å². The van der Waals surface area contributed by atoms with Crippen molar-refractivity contribution in [2.75, 3.05) is 5.32 Å². The van der Waals surface area contributed by atoms with Crippen molar-refractivity contribution in [2.45, 2.75) is 13.0 Å². The fourth-order valence-corrected chi connectivity index (χ4v) is 2.36. The number of aromatic nitrogens is 1. The number of carbonyl (C=O) groups excluding carboxylic acids is 1. The maximum absolute atomic E-state index is 12.2. The van der Waals surface area contributed by atoms with Gasteiger partial charge in [-0.3, -0.25) is 9.59 Å². The molecule has 3 aromatic rings. The molecule has 0 spiro atoms. The summed E-state index contributed by atoms with van der Waals surface area (Å²) >= 11 is 0. The van der Waals surface area contributed by atoms with Crippen LogP contribution in [0.5, 0.6) is 5.75 Å². The number of hydrogen-bond donors (Lipinski definition) is 2. The molecule has 126 valence electrons. The van der Waals surface area contributed by atoms with Crippen molar-refractivity contribution in [3.63, 3.8) is 0 Å². The molecule has 1 amide bonds. The lowest BCUT2D eigenvalue weighted by atomic mass is 10.1. The van der Waals surface area contributed by atoms with Gasteiger partial charge in [-0.05, 0) is 30.2 Å². The smallest absolute Gasteiger partial charge is 0.265 e. The minimum atomic E-state index is -0.734. The highest BCUT2D eigenvalue weighted by Gasteiger charge is 2.16. The molecule has 0 aliphatic rings. The average Bonchev–Trinajstić information content (AvgIpc) is 2.65. The Morgan fingerprint density at radius 2 is 1.68 bits per heavy atom. The van der Waals surface area contributed by atoms with Gasteiger partial charge in [0, 0.05) is 18.5 Å². The first-order chi connectivity index (χ1) is 12.1. The van der Waals surface area contributed by atoms with E-state index in [-0.39, 0.29) is 17.0 Å². The molecule has 0 radical (unpaired) electrons. The summed E-state index contributed by atoms with van der Waals surface area (Å²) in [6.45, 7) is 1.64. The Hall–Kier alpha value is -3.34. The summed E-state index contributed by atoms with van der Waals surface area (Å²) in [5.74, 6) is 0.202. The van der Waals surface area contributed by atoms with Gasteiger partial charge in [0.15, 0.2) is 6.10 Å². The van der Waals surface area contributed by atoms with Gasteiger partial charge >= 0.3 is 0 Å². The van der Waals surface area contributed by atoms with Crippen molar-refractivity contribution in [3.05, 3.63) is 83.3 Å². The maximum atomic E-state index is 12.2. The number of pyridine rings is 1. The van der Waals surface area contributed by atoms with E-state index in [2.05, 4.69) is 10.3 Å². The third kappa shape index (κ3) is 4.14. The molecule has 0 aliphatic carbocycles. The van der Waals surface area contributed by atoms with Crippen molar-refractivity contribution < 1.29 is 9.53 Å². The molecule has 2 aromatic carbocycles. The summed E-state index contributed by atoms with van der Waals surface area (Å²) in [4.78, 5) is 26.6. The first-order valence-electron chi connectivity index (χ1n) is 7.93. The molecular weight excluding hydrogens is 316 g/mol. The molecule has 0 aliphatic heterocycles. The number of ether oxygens (including phenoxy) is 1. The number of H-pyrrole nitrogens is 1. The molecule has 3 rings (SSSR count). The van der Waals surface area contributed by atoms with Gasteiger partial charge in [0.25, 0.3) is 5.91 Å². The van der Waals surface area contributed by atoms with Crippen molar-refractivity contribution in [2.24, 2.45) is 0 Å². The van der Waals surface area contributed by atoms with E-state index in [4.69, 9.17) is 4.74 Å². The van der Waals surface area contributed by atoms with Gasteiger partial charge in [-0.25, -0.2) is 0 Å². The zero-order valence-electron chi connectivity index (χ0n) is 13.7. The molecule has 5 nitrogen and oxygen atoms in total. The summed E-state index contributed by atoms with van der Waals surface area (Å²) in [5.41, 5.74) is 2.12. The first-order valence-corrected chi connectivity index (χ1v) is 7.93.